The minimum absolute atomic E-state index is 0.0645. The predicted molar refractivity (Wildman–Crippen MR) is 91.8 cm³/mol. The van der Waals surface area contributed by atoms with Crippen LogP contribution in [-0.4, -0.2) is 16.2 Å². The normalized spacial score (nSPS) is 32.6. The summed E-state index contributed by atoms with van der Waals surface area (Å²) in [6.07, 6.45) is 5.93. The van der Waals surface area contributed by atoms with Crippen LogP contribution in [0.4, 0.5) is 0 Å². The summed E-state index contributed by atoms with van der Waals surface area (Å²) in [5.41, 5.74) is 3.03. The number of ketones is 1. The zero-order chi connectivity index (χ0) is 16.1. The number of allylic oxidation sites excluding steroid dienone is 1. The lowest BCUT2D eigenvalue weighted by Gasteiger charge is -2.31. The molecule has 0 spiro atoms. The van der Waals surface area contributed by atoms with Crippen LogP contribution >= 0.6 is 0 Å². The number of benzene rings is 1. The first-order valence-corrected chi connectivity index (χ1v) is 9.64. The molecule has 1 aromatic carbocycles. The van der Waals surface area contributed by atoms with E-state index in [1.165, 1.54) is 0 Å². The van der Waals surface area contributed by atoms with Crippen LogP contribution < -0.4 is 0 Å². The van der Waals surface area contributed by atoms with Crippen molar-refractivity contribution in [3.8, 4) is 0 Å². The van der Waals surface area contributed by atoms with Crippen LogP contribution in [0.2, 0.25) is 0 Å². The van der Waals surface area contributed by atoms with E-state index in [0.717, 1.165) is 29.5 Å². The molecule has 118 valence electrons. The second-order valence-electron chi connectivity index (χ2n) is 7.53. The van der Waals surface area contributed by atoms with Gasteiger partial charge in [-0.1, -0.05) is 45.0 Å². The molecule has 2 fully saturated rings. The summed E-state index contributed by atoms with van der Waals surface area (Å²) in [4.78, 5) is 12.8. The fourth-order valence-electron chi connectivity index (χ4n) is 4.22. The quantitative estimate of drug-likeness (QED) is 0.791. The van der Waals surface area contributed by atoms with Crippen molar-refractivity contribution in [2.24, 2.45) is 16.7 Å². The van der Waals surface area contributed by atoms with Gasteiger partial charge in [0.1, 0.15) is 0 Å². The minimum Gasteiger partial charge on any atom is -0.294 e. The Kier molecular flexibility index (Phi) is 3.67. The second-order valence-corrected chi connectivity index (χ2v) is 8.97. The zero-order valence-corrected chi connectivity index (χ0v) is 14.6. The molecular formula is C19H24O2S. The Hall–Kier alpha value is -1.22. The van der Waals surface area contributed by atoms with Gasteiger partial charge in [-0.25, -0.2) is 0 Å². The highest BCUT2D eigenvalue weighted by Crippen LogP contribution is 2.65. The summed E-state index contributed by atoms with van der Waals surface area (Å²) < 4.78 is 11.3. The van der Waals surface area contributed by atoms with E-state index in [1.807, 2.05) is 24.3 Å². The van der Waals surface area contributed by atoms with Gasteiger partial charge >= 0.3 is 0 Å². The molecule has 0 amide bonds. The summed E-state index contributed by atoms with van der Waals surface area (Å²) >= 11 is 0. The van der Waals surface area contributed by atoms with Gasteiger partial charge in [0, 0.05) is 28.2 Å². The van der Waals surface area contributed by atoms with Crippen LogP contribution in [0.15, 0.2) is 29.8 Å². The number of Topliss-reactive ketones (excluding diaryl/α,β-unsaturated/α-hetero) is 1. The highest BCUT2D eigenvalue weighted by Gasteiger charge is 2.63. The lowest BCUT2D eigenvalue weighted by atomic mass is 9.70. The van der Waals surface area contributed by atoms with Crippen LogP contribution in [0.5, 0.6) is 0 Å². The third-order valence-corrected chi connectivity index (χ3v) is 6.78. The fourth-order valence-corrected chi connectivity index (χ4v) is 4.88. The van der Waals surface area contributed by atoms with Gasteiger partial charge in [-0.2, -0.15) is 0 Å². The van der Waals surface area contributed by atoms with Crippen LogP contribution in [0.25, 0.3) is 6.08 Å². The molecule has 2 saturated carbocycles. The summed E-state index contributed by atoms with van der Waals surface area (Å²) in [6.45, 7) is 6.61. The highest BCUT2D eigenvalue weighted by atomic mass is 32.2. The second kappa shape index (κ2) is 5.16. The highest BCUT2D eigenvalue weighted by molar-refractivity contribution is 7.83. The lowest BCUT2D eigenvalue weighted by Crippen LogP contribution is -2.32. The third-order valence-electron chi connectivity index (χ3n) is 6.04. The molecule has 2 bridgehead atoms. The van der Waals surface area contributed by atoms with Gasteiger partial charge in [0.05, 0.1) is 0 Å². The van der Waals surface area contributed by atoms with Gasteiger partial charge in [-0.15, -0.1) is 0 Å². The largest absolute Gasteiger partial charge is 0.294 e. The number of hydrogen-bond donors (Lipinski definition) is 0. The standard InChI is InChI=1S/C19H24O2S/c1-18(2)16-9-10-19(18,3)17(20)15(16)11-13-5-7-14(8-6-13)12-22(4)21/h5-8,11,16H,9-10,12H2,1-4H3. The first-order chi connectivity index (χ1) is 10.3. The molecule has 0 heterocycles. The average molecular weight is 316 g/mol. The molecule has 1 aromatic rings. The van der Waals surface area contributed by atoms with Crippen LogP contribution in [-0.2, 0) is 21.3 Å². The fraction of sp³-hybridized carbons (Fsp3) is 0.526. The molecular weight excluding hydrogens is 292 g/mol. The smallest absolute Gasteiger partial charge is 0.165 e. The summed E-state index contributed by atoms with van der Waals surface area (Å²) in [7, 11) is -0.820. The van der Waals surface area contributed by atoms with Crippen molar-refractivity contribution in [1.29, 1.82) is 0 Å². The van der Waals surface area contributed by atoms with Crippen molar-refractivity contribution < 1.29 is 9.00 Å². The number of fused-ring (bicyclic) bond motifs is 2. The monoisotopic (exact) mass is 316 g/mol. The van der Waals surface area contributed by atoms with Crippen molar-refractivity contribution in [1.82, 2.24) is 0 Å². The van der Waals surface area contributed by atoms with Crippen LogP contribution in [0, 0.1) is 16.7 Å². The Labute approximate surface area is 135 Å². The zero-order valence-electron chi connectivity index (χ0n) is 13.8. The molecule has 0 aliphatic heterocycles. The van der Waals surface area contributed by atoms with Gasteiger partial charge in [-0.05, 0) is 47.0 Å². The van der Waals surface area contributed by atoms with E-state index in [9.17, 15) is 9.00 Å². The van der Waals surface area contributed by atoms with Crippen molar-refractivity contribution >= 4 is 22.7 Å². The first-order valence-electron chi connectivity index (χ1n) is 7.91. The summed E-state index contributed by atoms with van der Waals surface area (Å²) in [5, 5.41) is 0. The molecule has 22 heavy (non-hydrogen) atoms. The van der Waals surface area contributed by atoms with Crippen LogP contribution in [0.1, 0.15) is 44.7 Å². The number of carbonyl (C=O) groups is 1. The van der Waals surface area contributed by atoms with E-state index < -0.39 is 10.8 Å². The SMILES string of the molecule is CS(=O)Cc1ccc(C=C2C(=O)C3(C)CCC2C3(C)C)cc1. The molecule has 3 heteroatoms. The van der Waals surface area contributed by atoms with Gasteiger partial charge in [-0.3, -0.25) is 9.00 Å². The number of carbonyl (C=O) groups excluding carboxylic acids is 1. The van der Waals surface area contributed by atoms with Gasteiger partial charge in [0.2, 0.25) is 0 Å². The van der Waals surface area contributed by atoms with Gasteiger partial charge < -0.3 is 0 Å². The molecule has 0 saturated heterocycles. The molecule has 3 rings (SSSR count). The first kappa shape index (κ1) is 15.7. The Morgan fingerprint density at radius 3 is 2.36 bits per heavy atom. The Morgan fingerprint density at radius 1 is 1.23 bits per heavy atom. The Morgan fingerprint density at radius 2 is 1.86 bits per heavy atom. The van der Waals surface area contributed by atoms with E-state index >= 15 is 0 Å². The van der Waals surface area contributed by atoms with E-state index in [2.05, 4.69) is 26.8 Å². The predicted octanol–water partition coefficient (Wildman–Crippen LogP) is 3.97. The van der Waals surface area contributed by atoms with E-state index in [1.54, 1.807) is 6.26 Å². The minimum atomic E-state index is -0.820. The molecule has 2 aliphatic rings. The summed E-state index contributed by atoms with van der Waals surface area (Å²) in [5.74, 6) is 1.31. The molecule has 0 radical (unpaired) electrons. The maximum absolute atomic E-state index is 12.8. The number of rotatable bonds is 3. The average Bonchev–Trinajstić information content (AvgIpc) is 2.75. The van der Waals surface area contributed by atoms with E-state index in [-0.39, 0.29) is 10.8 Å². The molecule has 2 aliphatic carbocycles. The van der Waals surface area contributed by atoms with Gasteiger partial charge in [0.15, 0.2) is 5.78 Å². The van der Waals surface area contributed by atoms with Crippen molar-refractivity contribution in [2.75, 3.05) is 6.26 Å². The van der Waals surface area contributed by atoms with E-state index in [4.69, 9.17) is 0 Å². The van der Waals surface area contributed by atoms with Gasteiger partial charge in [0.25, 0.3) is 0 Å². The van der Waals surface area contributed by atoms with Crippen molar-refractivity contribution in [3.05, 3.63) is 41.0 Å². The molecule has 2 nitrogen and oxygen atoms in total. The number of hydrogen-bond acceptors (Lipinski definition) is 2. The van der Waals surface area contributed by atoms with Crippen molar-refractivity contribution in [3.63, 3.8) is 0 Å². The van der Waals surface area contributed by atoms with Crippen molar-refractivity contribution in [2.45, 2.75) is 39.4 Å². The van der Waals surface area contributed by atoms with E-state index in [0.29, 0.717) is 17.5 Å². The maximum Gasteiger partial charge on any atom is 0.165 e. The third kappa shape index (κ3) is 2.21. The summed E-state index contributed by atoms with van der Waals surface area (Å²) in [6, 6.07) is 8.09. The maximum atomic E-state index is 12.8. The molecule has 0 N–H and O–H groups in total. The topological polar surface area (TPSA) is 34.1 Å². The Balaban J connectivity index is 1.90. The molecule has 3 atom stereocenters. The Bertz CT molecular complexity index is 669. The van der Waals surface area contributed by atoms with Crippen LogP contribution in [0.3, 0.4) is 0 Å². The molecule has 0 aromatic heterocycles. The molecule has 3 unspecified atom stereocenters. The lowest BCUT2D eigenvalue weighted by molar-refractivity contribution is -0.125.